The maximum absolute atomic E-state index is 10.8. The summed E-state index contributed by atoms with van der Waals surface area (Å²) in [6.07, 6.45) is 3.69. The lowest BCUT2D eigenvalue weighted by atomic mass is 10.2. The zero-order valence-electron chi connectivity index (χ0n) is 7.97. The van der Waals surface area contributed by atoms with Gasteiger partial charge >= 0.3 is 0 Å². The predicted octanol–water partition coefficient (Wildman–Crippen LogP) is 1.06. The van der Waals surface area contributed by atoms with Crippen LogP contribution < -0.4 is 5.32 Å². The Hall–Kier alpha value is -0.570. The molecular weight excluding hydrogens is 154 g/mol. The number of aliphatic hydroxyl groups excluding tert-OH is 1. The minimum Gasteiger partial charge on any atom is -0.384 e. The van der Waals surface area contributed by atoms with Crippen LogP contribution in [0, 0.1) is 0 Å². The number of aliphatic hydroxyl groups is 1. The Labute approximate surface area is 74.2 Å². The Morgan fingerprint density at radius 1 is 1.42 bits per heavy atom. The van der Waals surface area contributed by atoms with Gasteiger partial charge in [-0.1, -0.05) is 26.2 Å². The Morgan fingerprint density at radius 2 is 2.08 bits per heavy atom. The van der Waals surface area contributed by atoms with E-state index in [1.165, 1.54) is 19.8 Å². The molecular formula is C9H19NO2. The van der Waals surface area contributed by atoms with Crippen molar-refractivity contribution in [2.75, 3.05) is 6.54 Å². The fourth-order valence-electron chi connectivity index (χ4n) is 0.911. The van der Waals surface area contributed by atoms with Crippen LogP contribution in [0.4, 0.5) is 0 Å². The lowest BCUT2D eigenvalue weighted by molar-refractivity contribution is -0.128. The van der Waals surface area contributed by atoms with Crippen molar-refractivity contribution in [3.8, 4) is 0 Å². The Kier molecular flexibility index (Phi) is 6.76. The van der Waals surface area contributed by atoms with Gasteiger partial charge in [0.1, 0.15) is 6.10 Å². The summed E-state index contributed by atoms with van der Waals surface area (Å²) in [5, 5.41) is 11.5. The van der Waals surface area contributed by atoms with Gasteiger partial charge in [0, 0.05) is 6.54 Å². The minimum atomic E-state index is -0.879. The molecule has 0 fully saturated rings. The van der Waals surface area contributed by atoms with Crippen molar-refractivity contribution in [3.05, 3.63) is 0 Å². The standard InChI is InChI=1S/C9H19NO2/c1-3-4-5-6-7-10-9(12)8(2)11/h8,11H,3-7H2,1-2H3,(H,10,12). The van der Waals surface area contributed by atoms with E-state index < -0.39 is 6.10 Å². The summed E-state index contributed by atoms with van der Waals surface area (Å²) in [7, 11) is 0. The fraction of sp³-hybridized carbons (Fsp3) is 0.889. The van der Waals surface area contributed by atoms with E-state index in [0.29, 0.717) is 6.54 Å². The molecule has 0 rings (SSSR count). The Balaban J connectivity index is 3.14. The van der Waals surface area contributed by atoms with Gasteiger partial charge in [0.2, 0.25) is 5.91 Å². The molecule has 0 aliphatic heterocycles. The Bertz CT molecular complexity index is 124. The molecule has 1 atom stereocenters. The maximum atomic E-state index is 10.8. The third-order valence-corrected chi connectivity index (χ3v) is 1.71. The van der Waals surface area contributed by atoms with Crippen LogP contribution in [0.1, 0.15) is 39.5 Å². The van der Waals surface area contributed by atoms with E-state index in [4.69, 9.17) is 5.11 Å². The van der Waals surface area contributed by atoms with E-state index in [2.05, 4.69) is 12.2 Å². The van der Waals surface area contributed by atoms with Gasteiger partial charge in [-0.3, -0.25) is 4.79 Å². The zero-order chi connectivity index (χ0) is 9.40. The number of rotatable bonds is 6. The van der Waals surface area contributed by atoms with Gasteiger partial charge in [0.05, 0.1) is 0 Å². The first-order valence-corrected chi connectivity index (χ1v) is 4.64. The molecule has 3 heteroatoms. The average Bonchev–Trinajstić information content (AvgIpc) is 2.03. The second-order valence-corrected chi connectivity index (χ2v) is 3.03. The van der Waals surface area contributed by atoms with Crippen LogP contribution in [-0.4, -0.2) is 23.7 Å². The van der Waals surface area contributed by atoms with Crippen LogP contribution in [0.3, 0.4) is 0 Å². The maximum Gasteiger partial charge on any atom is 0.248 e. The molecule has 0 aromatic heterocycles. The van der Waals surface area contributed by atoms with Crippen LogP contribution in [0.25, 0.3) is 0 Å². The fourth-order valence-corrected chi connectivity index (χ4v) is 0.911. The summed E-state index contributed by atoms with van der Waals surface area (Å²) < 4.78 is 0. The average molecular weight is 173 g/mol. The molecule has 0 bridgehead atoms. The van der Waals surface area contributed by atoms with Gasteiger partial charge < -0.3 is 10.4 Å². The largest absolute Gasteiger partial charge is 0.384 e. The monoisotopic (exact) mass is 173 g/mol. The minimum absolute atomic E-state index is 0.272. The van der Waals surface area contributed by atoms with Crippen molar-refractivity contribution < 1.29 is 9.90 Å². The van der Waals surface area contributed by atoms with Gasteiger partial charge in [-0.15, -0.1) is 0 Å². The summed E-state index contributed by atoms with van der Waals surface area (Å²) in [6, 6.07) is 0. The molecule has 1 unspecified atom stereocenters. The first-order valence-electron chi connectivity index (χ1n) is 4.64. The molecule has 0 saturated heterocycles. The number of hydrogen-bond donors (Lipinski definition) is 2. The van der Waals surface area contributed by atoms with Crippen molar-refractivity contribution in [2.24, 2.45) is 0 Å². The third-order valence-electron chi connectivity index (χ3n) is 1.71. The van der Waals surface area contributed by atoms with E-state index in [1.54, 1.807) is 0 Å². The van der Waals surface area contributed by atoms with E-state index >= 15 is 0 Å². The van der Waals surface area contributed by atoms with Crippen molar-refractivity contribution in [1.82, 2.24) is 5.32 Å². The summed E-state index contributed by atoms with van der Waals surface area (Å²) in [5.41, 5.74) is 0. The summed E-state index contributed by atoms with van der Waals surface area (Å²) >= 11 is 0. The normalized spacial score (nSPS) is 12.6. The highest BCUT2D eigenvalue weighted by atomic mass is 16.3. The molecule has 0 aromatic rings. The van der Waals surface area contributed by atoms with Gasteiger partial charge in [0.25, 0.3) is 0 Å². The number of nitrogens with one attached hydrogen (secondary N) is 1. The summed E-state index contributed by atoms with van der Waals surface area (Å²) in [4.78, 5) is 10.8. The molecule has 3 nitrogen and oxygen atoms in total. The Morgan fingerprint density at radius 3 is 2.58 bits per heavy atom. The predicted molar refractivity (Wildman–Crippen MR) is 48.8 cm³/mol. The first kappa shape index (κ1) is 11.4. The number of amides is 1. The van der Waals surface area contributed by atoms with Crippen LogP contribution in [-0.2, 0) is 4.79 Å². The third kappa shape index (κ3) is 6.16. The number of carbonyl (C=O) groups excluding carboxylic acids is 1. The number of unbranched alkanes of at least 4 members (excludes halogenated alkanes) is 3. The van der Waals surface area contributed by atoms with Gasteiger partial charge in [-0.05, 0) is 13.3 Å². The highest BCUT2D eigenvalue weighted by molar-refractivity contribution is 5.79. The molecule has 12 heavy (non-hydrogen) atoms. The lowest BCUT2D eigenvalue weighted by Crippen LogP contribution is -2.33. The van der Waals surface area contributed by atoms with E-state index in [9.17, 15) is 4.79 Å². The lowest BCUT2D eigenvalue weighted by Gasteiger charge is -2.05. The summed E-state index contributed by atoms with van der Waals surface area (Å²) in [5.74, 6) is -0.272. The molecule has 0 spiro atoms. The molecule has 0 saturated carbocycles. The van der Waals surface area contributed by atoms with Gasteiger partial charge in [0.15, 0.2) is 0 Å². The van der Waals surface area contributed by atoms with Crippen molar-refractivity contribution in [1.29, 1.82) is 0 Å². The molecule has 1 amide bonds. The van der Waals surface area contributed by atoms with Crippen LogP contribution in [0.5, 0.6) is 0 Å². The molecule has 0 aromatic carbocycles. The van der Waals surface area contributed by atoms with Gasteiger partial charge in [-0.2, -0.15) is 0 Å². The van der Waals surface area contributed by atoms with Crippen LogP contribution in [0.15, 0.2) is 0 Å². The molecule has 0 aliphatic carbocycles. The van der Waals surface area contributed by atoms with E-state index in [-0.39, 0.29) is 5.91 Å². The quantitative estimate of drug-likeness (QED) is 0.590. The number of carbonyl (C=O) groups is 1. The highest BCUT2D eigenvalue weighted by Crippen LogP contribution is 1.96. The van der Waals surface area contributed by atoms with Crippen molar-refractivity contribution >= 4 is 5.91 Å². The number of hydrogen-bond acceptors (Lipinski definition) is 2. The van der Waals surface area contributed by atoms with Crippen LogP contribution >= 0.6 is 0 Å². The van der Waals surface area contributed by atoms with Crippen LogP contribution in [0.2, 0.25) is 0 Å². The topological polar surface area (TPSA) is 49.3 Å². The highest BCUT2D eigenvalue weighted by Gasteiger charge is 2.05. The second-order valence-electron chi connectivity index (χ2n) is 3.03. The zero-order valence-corrected chi connectivity index (χ0v) is 7.97. The van der Waals surface area contributed by atoms with E-state index in [1.807, 2.05) is 0 Å². The first-order chi connectivity index (χ1) is 5.68. The van der Waals surface area contributed by atoms with Crippen molar-refractivity contribution in [2.45, 2.75) is 45.6 Å². The van der Waals surface area contributed by atoms with E-state index in [0.717, 1.165) is 12.8 Å². The molecule has 0 aliphatic rings. The molecule has 72 valence electrons. The van der Waals surface area contributed by atoms with Crippen molar-refractivity contribution in [3.63, 3.8) is 0 Å². The van der Waals surface area contributed by atoms with Gasteiger partial charge in [-0.25, -0.2) is 0 Å². The molecule has 2 N–H and O–H groups in total. The SMILES string of the molecule is CCCCCCNC(=O)C(C)O. The summed E-state index contributed by atoms with van der Waals surface area (Å²) in [6.45, 7) is 4.31. The molecule has 0 radical (unpaired) electrons. The molecule has 0 heterocycles. The smallest absolute Gasteiger partial charge is 0.248 e. The second kappa shape index (κ2) is 7.10.